The van der Waals surface area contributed by atoms with Gasteiger partial charge in [0.1, 0.15) is 0 Å². The molecule has 0 bridgehead atoms. The first-order valence-electron chi connectivity index (χ1n) is 6.01. The van der Waals surface area contributed by atoms with Crippen molar-refractivity contribution in [1.29, 1.82) is 0 Å². The highest BCUT2D eigenvalue weighted by molar-refractivity contribution is 8.13. The molecule has 6 heteroatoms. The number of amides is 1. The van der Waals surface area contributed by atoms with Gasteiger partial charge < -0.3 is 5.32 Å². The number of carbonyl (C=O) groups excluding carboxylic acids is 1. The molecule has 0 unspecified atom stereocenters. The summed E-state index contributed by atoms with van der Waals surface area (Å²) in [6.45, 7) is 5.40. The number of halogens is 1. The van der Waals surface area contributed by atoms with Crippen molar-refractivity contribution in [2.45, 2.75) is 44.0 Å². The lowest BCUT2D eigenvalue weighted by Gasteiger charge is -2.14. The van der Waals surface area contributed by atoms with Crippen molar-refractivity contribution in [3.8, 4) is 0 Å². The summed E-state index contributed by atoms with van der Waals surface area (Å²) in [5.41, 5.74) is 1.49. The molecular weight excluding hydrogens is 286 g/mol. The van der Waals surface area contributed by atoms with Gasteiger partial charge in [-0.05, 0) is 56.9 Å². The predicted molar refractivity (Wildman–Crippen MR) is 74.1 cm³/mol. The summed E-state index contributed by atoms with van der Waals surface area (Å²) >= 11 is 0. The largest absolute Gasteiger partial charge is 0.347 e. The summed E-state index contributed by atoms with van der Waals surface area (Å²) in [7, 11) is 1.55. The van der Waals surface area contributed by atoms with Crippen molar-refractivity contribution in [3.63, 3.8) is 0 Å². The van der Waals surface area contributed by atoms with E-state index in [9.17, 15) is 13.2 Å². The van der Waals surface area contributed by atoms with E-state index in [-0.39, 0.29) is 16.3 Å². The number of hydrogen-bond donors (Lipinski definition) is 1. The van der Waals surface area contributed by atoms with Gasteiger partial charge in [-0.3, -0.25) is 4.79 Å². The molecule has 0 spiro atoms. The average Bonchev–Trinajstić information content (AvgIpc) is 2.98. The highest BCUT2D eigenvalue weighted by atomic mass is 35.7. The van der Waals surface area contributed by atoms with Crippen LogP contribution < -0.4 is 5.32 Å². The van der Waals surface area contributed by atoms with Crippen molar-refractivity contribution >= 4 is 25.6 Å². The lowest BCUT2D eigenvalue weighted by Crippen LogP contribution is -2.34. The summed E-state index contributed by atoms with van der Waals surface area (Å²) in [4.78, 5) is 12.1. The summed E-state index contributed by atoms with van der Waals surface area (Å²) < 4.78 is 23.0. The van der Waals surface area contributed by atoms with Crippen LogP contribution >= 0.6 is 10.7 Å². The maximum atomic E-state index is 12.1. The standard InChI is InChI=1S/C13H16ClNO3S/c1-8-6-10(12(16)15-13(3)4-5-13)7-11(9(8)2)19(14,17)18/h6-7H,4-5H2,1-3H3,(H,15,16). The molecule has 1 saturated carbocycles. The van der Waals surface area contributed by atoms with Crippen LogP contribution in [0.25, 0.3) is 0 Å². The Kier molecular flexibility index (Phi) is 3.39. The van der Waals surface area contributed by atoms with Gasteiger partial charge in [0.25, 0.3) is 15.0 Å². The lowest BCUT2D eigenvalue weighted by molar-refractivity contribution is 0.0935. The first-order valence-corrected chi connectivity index (χ1v) is 8.32. The van der Waals surface area contributed by atoms with Gasteiger partial charge in [0.2, 0.25) is 0 Å². The molecule has 0 atom stereocenters. The van der Waals surface area contributed by atoms with Gasteiger partial charge in [0.15, 0.2) is 0 Å². The van der Waals surface area contributed by atoms with E-state index >= 15 is 0 Å². The monoisotopic (exact) mass is 301 g/mol. The molecule has 0 heterocycles. The van der Waals surface area contributed by atoms with Gasteiger partial charge in [-0.2, -0.15) is 0 Å². The maximum Gasteiger partial charge on any atom is 0.261 e. The number of rotatable bonds is 3. The Labute approximate surface area is 117 Å². The third-order valence-corrected chi connectivity index (χ3v) is 5.01. The number of hydrogen-bond acceptors (Lipinski definition) is 3. The second-order valence-corrected chi connectivity index (χ2v) is 7.90. The second-order valence-electron chi connectivity index (χ2n) is 5.37. The molecule has 0 aliphatic heterocycles. The van der Waals surface area contributed by atoms with Gasteiger partial charge in [-0.15, -0.1) is 0 Å². The van der Waals surface area contributed by atoms with Crippen LogP contribution in [0.15, 0.2) is 17.0 Å². The van der Waals surface area contributed by atoms with E-state index < -0.39 is 9.05 Å². The fraction of sp³-hybridized carbons (Fsp3) is 0.462. The number of aryl methyl sites for hydroxylation is 1. The highest BCUT2D eigenvalue weighted by Gasteiger charge is 2.39. The Morgan fingerprint density at radius 2 is 1.89 bits per heavy atom. The normalized spacial score (nSPS) is 17.1. The molecule has 0 aromatic heterocycles. The number of nitrogens with one attached hydrogen (secondary N) is 1. The Morgan fingerprint density at radius 3 is 2.37 bits per heavy atom. The van der Waals surface area contributed by atoms with Crippen LogP contribution in [0.1, 0.15) is 41.3 Å². The van der Waals surface area contributed by atoms with Crippen molar-refractivity contribution < 1.29 is 13.2 Å². The molecule has 4 nitrogen and oxygen atoms in total. The van der Waals surface area contributed by atoms with Crippen molar-refractivity contribution in [2.75, 3.05) is 0 Å². The van der Waals surface area contributed by atoms with Crippen LogP contribution in [-0.2, 0) is 9.05 Å². The molecule has 1 fully saturated rings. The topological polar surface area (TPSA) is 63.2 Å². The minimum absolute atomic E-state index is 0.000247. The zero-order valence-electron chi connectivity index (χ0n) is 11.1. The van der Waals surface area contributed by atoms with Crippen LogP contribution in [0.5, 0.6) is 0 Å². The molecule has 19 heavy (non-hydrogen) atoms. The number of benzene rings is 1. The first kappa shape index (κ1) is 14.3. The molecular formula is C13H16ClNO3S. The molecule has 1 N–H and O–H groups in total. The zero-order chi connectivity index (χ0) is 14.4. The molecule has 1 aliphatic carbocycles. The third kappa shape index (κ3) is 3.09. The lowest BCUT2D eigenvalue weighted by atomic mass is 10.1. The molecule has 1 aromatic carbocycles. The molecule has 0 radical (unpaired) electrons. The van der Waals surface area contributed by atoms with Crippen LogP contribution in [0.3, 0.4) is 0 Å². The fourth-order valence-electron chi connectivity index (χ4n) is 1.87. The van der Waals surface area contributed by atoms with E-state index in [0.29, 0.717) is 11.1 Å². The Morgan fingerprint density at radius 1 is 1.32 bits per heavy atom. The van der Waals surface area contributed by atoms with Gasteiger partial charge in [-0.25, -0.2) is 8.42 Å². The van der Waals surface area contributed by atoms with E-state index in [4.69, 9.17) is 10.7 Å². The fourth-order valence-corrected chi connectivity index (χ4v) is 3.15. The van der Waals surface area contributed by atoms with Crippen LogP contribution in [0.2, 0.25) is 0 Å². The van der Waals surface area contributed by atoms with Crippen molar-refractivity contribution in [1.82, 2.24) is 5.32 Å². The zero-order valence-corrected chi connectivity index (χ0v) is 12.7. The molecule has 2 rings (SSSR count). The summed E-state index contributed by atoms with van der Waals surface area (Å²) in [5, 5.41) is 2.90. The van der Waals surface area contributed by atoms with E-state index in [0.717, 1.165) is 18.4 Å². The summed E-state index contributed by atoms with van der Waals surface area (Å²) in [6.07, 6.45) is 1.90. The Bertz CT molecular complexity index is 648. The molecule has 1 amide bonds. The third-order valence-electron chi connectivity index (χ3n) is 3.56. The van der Waals surface area contributed by atoms with Crippen LogP contribution in [0.4, 0.5) is 0 Å². The SMILES string of the molecule is Cc1cc(C(=O)NC2(C)CC2)cc(S(=O)(=O)Cl)c1C. The Balaban J connectivity index is 2.42. The van der Waals surface area contributed by atoms with Gasteiger partial charge in [0.05, 0.1) is 4.90 Å². The van der Waals surface area contributed by atoms with E-state index in [2.05, 4.69) is 5.32 Å². The van der Waals surface area contributed by atoms with Crippen LogP contribution in [-0.4, -0.2) is 19.9 Å². The van der Waals surface area contributed by atoms with Gasteiger partial charge in [-0.1, -0.05) is 0 Å². The highest BCUT2D eigenvalue weighted by Crippen LogP contribution is 2.34. The van der Waals surface area contributed by atoms with Gasteiger partial charge in [0, 0.05) is 21.8 Å². The smallest absolute Gasteiger partial charge is 0.261 e. The average molecular weight is 302 g/mol. The minimum Gasteiger partial charge on any atom is -0.347 e. The van der Waals surface area contributed by atoms with Crippen molar-refractivity contribution in [2.24, 2.45) is 0 Å². The molecule has 1 aromatic rings. The maximum absolute atomic E-state index is 12.1. The summed E-state index contributed by atoms with van der Waals surface area (Å²) in [6, 6.07) is 3.02. The molecule has 104 valence electrons. The minimum atomic E-state index is -3.85. The molecule has 0 saturated heterocycles. The predicted octanol–water partition coefficient (Wildman–Crippen LogP) is 2.51. The van der Waals surface area contributed by atoms with Crippen molar-refractivity contribution in [3.05, 3.63) is 28.8 Å². The van der Waals surface area contributed by atoms with E-state index in [1.807, 2.05) is 6.92 Å². The quantitative estimate of drug-likeness (QED) is 0.873. The van der Waals surface area contributed by atoms with E-state index in [1.54, 1.807) is 19.9 Å². The van der Waals surface area contributed by atoms with Crippen LogP contribution in [0, 0.1) is 13.8 Å². The summed E-state index contributed by atoms with van der Waals surface area (Å²) in [5.74, 6) is -0.260. The molecule has 1 aliphatic rings. The second kappa shape index (κ2) is 4.49. The van der Waals surface area contributed by atoms with Gasteiger partial charge >= 0.3 is 0 Å². The first-order chi connectivity index (χ1) is 8.62. The Hall–Kier alpha value is -1.07. The van der Waals surface area contributed by atoms with E-state index in [1.165, 1.54) is 6.07 Å². The number of carbonyl (C=O) groups is 1.